The van der Waals surface area contributed by atoms with Gasteiger partial charge >= 0.3 is 0 Å². The zero-order valence-electron chi connectivity index (χ0n) is 6.28. The summed E-state index contributed by atoms with van der Waals surface area (Å²) in [6, 6.07) is 4.31. The van der Waals surface area contributed by atoms with Crippen molar-refractivity contribution in [1.82, 2.24) is 0 Å². The van der Waals surface area contributed by atoms with E-state index in [0.29, 0.717) is 10.8 Å². The molecule has 1 rings (SSSR count). The first-order valence-corrected chi connectivity index (χ1v) is 4.68. The number of hydrogen-bond acceptors (Lipinski definition) is 3. The Morgan fingerprint density at radius 3 is 2.50 bits per heavy atom. The zero-order chi connectivity index (χ0) is 9.14. The van der Waals surface area contributed by atoms with E-state index < -0.39 is 10.7 Å². The van der Waals surface area contributed by atoms with Crippen LogP contribution in [-0.4, -0.2) is 15.5 Å². The first-order valence-electron chi connectivity index (χ1n) is 3.13. The summed E-state index contributed by atoms with van der Waals surface area (Å²) in [6.45, 7) is 0. The Morgan fingerprint density at radius 2 is 2.08 bits per heavy atom. The molecular formula is C7H7ClO3S. The van der Waals surface area contributed by atoms with E-state index in [1.165, 1.54) is 25.3 Å². The Bertz CT molecular complexity index is 352. The average molecular weight is 207 g/mol. The third-order valence-corrected chi connectivity index (χ3v) is 2.34. The van der Waals surface area contributed by atoms with Crippen LogP contribution in [0.15, 0.2) is 23.1 Å². The Kier molecular flexibility index (Phi) is 2.94. The molecule has 12 heavy (non-hydrogen) atoms. The van der Waals surface area contributed by atoms with E-state index in [2.05, 4.69) is 0 Å². The van der Waals surface area contributed by atoms with Gasteiger partial charge in [-0.2, -0.15) is 0 Å². The molecule has 1 aromatic carbocycles. The third kappa shape index (κ3) is 1.89. The lowest BCUT2D eigenvalue weighted by Gasteiger charge is -2.01. The first-order chi connectivity index (χ1) is 5.65. The molecule has 66 valence electrons. The lowest BCUT2D eigenvalue weighted by atomic mass is 10.3. The van der Waals surface area contributed by atoms with Crippen LogP contribution in [0.25, 0.3) is 0 Å². The van der Waals surface area contributed by atoms with E-state index >= 15 is 0 Å². The third-order valence-electron chi connectivity index (χ3n) is 1.35. The van der Waals surface area contributed by atoms with E-state index in [9.17, 15) is 8.42 Å². The molecule has 0 aromatic heterocycles. The van der Waals surface area contributed by atoms with Gasteiger partial charge in [0.1, 0.15) is 5.75 Å². The molecule has 0 aliphatic rings. The molecule has 0 spiro atoms. The highest BCUT2D eigenvalue weighted by Crippen LogP contribution is 2.25. The van der Waals surface area contributed by atoms with Crippen LogP contribution in [-0.2, 0) is 10.7 Å². The molecule has 0 saturated carbocycles. The Hall–Kier alpha value is -0.740. The maximum Gasteiger partial charge on any atom is 0.168 e. The first kappa shape index (κ1) is 9.35. The molecule has 0 bridgehead atoms. The van der Waals surface area contributed by atoms with Gasteiger partial charge < -0.3 is 4.74 Å². The van der Waals surface area contributed by atoms with Crippen molar-refractivity contribution in [3.05, 3.63) is 23.2 Å². The van der Waals surface area contributed by atoms with Crippen molar-refractivity contribution in [1.29, 1.82) is 0 Å². The van der Waals surface area contributed by atoms with Crippen LogP contribution in [0.4, 0.5) is 0 Å². The maximum absolute atomic E-state index is 10.5. The van der Waals surface area contributed by atoms with Crippen LogP contribution in [0.3, 0.4) is 0 Å². The summed E-state index contributed by atoms with van der Waals surface area (Å²) in [4.78, 5) is 0.191. The van der Waals surface area contributed by atoms with E-state index in [0.717, 1.165) is 0 Å². The van der Waals surface area contributed by atoms with Gasteiger partial charge in [0.15, 0.2) is 10.7 Å². The molecule has 0 unspecified atom stereocenters. The van der Waals surface area contributed by atoms with E-state index in [-0.39, 0.29) is 4.90 Å². The van der Waals surface area contributed by atoms with Gasteiger partial charge in [0, 0.05) is 0 Å². The lowest BCUT2D eigenvalue weighted by molar-refractivity contribution is 0.414. The highest BCUT2D eigenvalue weighted by Gasteiger charge is 2.02. The largest absolute Gasteiger partial charge is 0.495 e. The fourth-order valence-corrected chi connectivity index (χ4v) is 1.53. The number of thiol groups is 1. The topological polar surface area (TPSA) is 43.4 Å². The summed E-state index contributed by atoms with van der Waals surface area (Å²) >= 11 is 5.68. The zero-order valence-corrected chi connectivity index (χ0v) is 7.93. The summed E-state index contributed by atoms with van der Waals surface area (Å²) in [5, 5.41) is 0.300. The number of rotatable bonds is 2. The van der Waals surface area contributed by atoms with Crippen molar-refractivity contribution in [3.63, 3.8) is 0 Å². The van der Waals surface area contributed by atoms with Gasteiger partial charge in [-0.05, 0) is 18.2 Å². The molecule has 5 heteroatoms. The van der Waals surface area contributed by atoms with Crippen LogP contribution in [0.1, 0.15) is 0 Å². The van der Waals surface area contributed by atoms with Crippen LogP contribution < -0.4 is 4.74 Å². The van der Waals surface area contributed by atoms with Gasteiger partial charge in [0.2, 0.25) is 0 Å². The standard InChI is InChI=1S/C7H7ClO3S/c1-11-7-3-2-5(12(9)10)4-6(7)8/h2-4,12H,1H3. The van der Waals surface area contributed by atoms with Gasteiger partial charge in [-0.3, -0.25) is 0 Å². The number of halogens is 1. The number of ether oxygens (including phenoxy) is 1. The second-order valence-electron chi connectivity index (χ2n) is 2.08. The molecule has 0 heterocycles. The van der Waals surface area contributed by atoms with Crippen molar-refractivity contribution in [2.45, 2.75) is 4.90 Å². The van der Waals surface area contributed by atoms with E-state index in [4.69, 9.17) is 16.3 Å². The quantitative estimate of drug-likeness (QED) is 0.743. The Morgan fingerprint density at radius 1 is 1.42 bits per heavy atom. The van der Waals surface area contributed by atoms with Gasteiger partial charge in [-0.1, -0.05) is 11.6 Å². The minimum absolute atomic E-state index is 0.191. The molecule has 0 fully saturated rings. The molecule has 0 N–H and O–H groups in total. The Labute approximate surface area is 76.9 Å². The monoisotopic (exact) mass is 206 g/mol. The van der Waals surface area contributed by atoms with E-state index in [1.807, 2.05) is 0 Å². The highest BCUT2D eigenvalue weighted by molar-refractivity contribution is 7.72. The predicted molar refractivity (Wildman–Crippen MR) is 46.6 cm³/mol. The lowest BCUT2D eigenvalue weighted by Crippen LogP contribution is -1.85. The summed E-state index contributed by atoms with van der Waals surface area (Å²) < 4.78 is 25.8. The second-order valence-corrected chi connectivity index (χ2v) is 3.51. The summed E-state index contributed by atoms with van der Waals surface area (Å²) in [7, 11) is -1.10. The summed E-state index contributed by atoms with van der Waals surface area (Å²) in [6.07, 6.45) is 0. The minimum Gasteiger partial charge on any atom is -0.495 e. The molecule has 0 radical (unpaired) electrons. The number of hydrogen-bond donors (Lipinski definition) is 1. The molecule has 0 aliphatic carbocycles. The van der Waals surface area contributed by atoms with Crippen LogP contribution in [0, 0.1) is 0 Å². The van der Waals surface area contributed by atoms with Crippen molar-refractivity contribution in [2.24, 2.45) is 0 Å². The van der Waals surface area contributed by atoms with Crippen LogP contribution >= 0.6 is 11.6 Å². The van der Waals surface area contributed by atoms with Gasteiger partial charge in [0.05, 0.1) is 17.0 Å². The maximum atomic E-state index is 10.5. The predicted octanol–water partition coefficient (Wildman–Crippen LogP) is 1.32. The minimum atomic E-state index is -2.57. The number of methoxy groups -OCH3 is 1. The molecular weight excluding hydrogens is 200 g/mol. The SMILES string of the molecule is COc1ccc([SH](=O)=O)cc1Cl. The Balaban J connectivity index is 3.18. The fourth-order valence-electron chi connectivity index (χ4n) is 0.769. The molecule has 0 amide bonds. The normalized spacial score (nSPS) is 10.2. The highest BCUT2D eigenvalue weighted by atomic mass is 35.5. The molecule has 0 atom stereocenters. The molecule has 0 saturated heterocycles. The van der Waals surface area contributed by atoms with Gasteiger partial charge in [-0.25, -0.2) is 8.42 Å². The van der Waals surface area contributed by atoms with Crippen LogP contribution in [0.2, 0.25) is 5.02 Å². The average Bonchev–Trinajstić information content (AvgIpc) is 2.04. The van der Waals surface area contributed by atoms with Crippen molar-refractivity contribution in [2.75, 3.05) is 7.11 Å². The van der Waals surface area contributed by atoms with E-state index in [1.54, 1.807) is 0 Å². The second kappa shape index (κ2) is 3.78. The van der Waals surface area contributed by atoms with Gasteiger partial charge in [0.25, 0.3) is 0 Å². The van der Waals surface area contributed by atoms with Crippen molar-refractivity contribution < 1.29 is 13.2 Å². The molecule has 0 aliphatic heterocycles. The van der Waals surface area contributed by atoms with Crippen molar-refractivity contribution in [3.8, 4) is 5.75 Å². The summed E-state index contributed by atoms with van der Waals surface area (Å²) in [5.41, 5.74) is 0. The fraction of sp³-hybridized carbons (Fsp3) is 0.143. The smallest absolute Gasteiger partial charge is 0.168 e. The van der Waals surface area contributed by atoms with Crippen LogP contribution in [0.5, 0.6) is 5.75 Å². The summed E-state index contributed by atoms with van der Waals surface area (Å²) in [5.74, 6) is 0.470. The number of benzene rings is 1. The molecule has 3 nitrogen and oxygen atoms in total. The van der Waals surface area contributed by atoms with Crippen molar-refractivity contribution >= 4 is 22.3 Å². The molecule has 1 aromatic rings. The van der Waals surface area contributed by atoms with Gasteiger partial charge in [-0.15, -0.1) is 0 Å².